The summed E-state index contributed by atoms with van der Waals surface area (Å²) < 4.78 is 25.3. The van der Waals surface area contributed by atoms with E-state index >= 15 is 0 Å². The predicted molar refractivity (Wildman–Crippen MR) is 66.6 cm³/mol. The quantitative estimate of drug-likeness (QED) is 0.873. The molecule has 1 fully saturated rings. The summed E-state index contributed by atoms with van der Waals surface area (Å²) in [5.41, 5.74) is 1.46. The molecule has 1 N–H and O–H groups in total. The maximum Gasteiger partial charge on any atom is 0.123 e. The molecule has 0 spiro atoms. The number of benzene rings is 1. The number of aliphatic hydroxyl groups excluding tert-OH is 1. The number of hydrogen-bond donors (Lipinski definition) is 1. The molecule has 0 bridgehead atoms. The average Bonchev–Trinajstić information content (AvgIpc) is 2.25. The van der Waals surface area contributed by atoms with Crippen LogP contribution >= 0.6 is 0 Å². The van der Waals surface area contributed by atoms with Crippen molar-refractivity contribution >= 4 is 0 Å². The lowest BCUT2D eigenvalue weighted by Crippen LogP contribution is -2.49. The lowest BCUT2D eigenvalue weighted by Gasteiger charge is -2.41. The summed E-state index contributed by atoms with van der Waals surface area (Å²) in [5.74, 6) is -0.177. The van der Waals surface area contributed by atoms with Gasteiger partial charge < -0.3 is 10.0 Å². The highest BCUT2D eigenvalue weighted by atomic mass is 19.1. The molecule has 18 heavy (non-hydrogen) atoms. The van der Waals surface area contributed by atoms with Crippen LogP contribution in [0.4, 0.5) is 8.78 Å². The Bertz CT molecular complexity index is 385. The van der Waals surface area contributed by atoms with Crippen LogP contribution in [0, 0.1) is 18.7 Å². The molecule has 0 saturated carbocycles. The lowest BCUT2D eigenvalue weighted by molar-refractivity contribution is -0.00623. The number of nitrogens with zero attached hydrogens (tertiary/aromatic N) is 1. The van der Waals surface area contributed by atoms with Crippen molar-refractivity contribution in [3.8, 4) is 0 Å². The molecule has 1 heterocycles. The van der Waals surface area contributed by atoms with E-state index < -0.39 is 6.10 Å². The number of aryl methyl sites for hydroxylation is 1. The van der Waals surface area contributed by atoms with Gasteiger partial charge in [-0.25, -0.2) is 4.39 Å². The summed E-state index contributed by atoms with van der Waals surface area (Å²) >= 11 is 0. The molecule has 2 rings (SSSR count). The molecule has 1 saturated heterocycles. The normalized spacial score (nSPS) is 18.7. The van der Waals surface area contributed by atoms with Gasteiger partial charge in [0.1, 0.15) is 5.82 Å². The molecule has 1 aliphatic heterocycles. The third-order valence-electron chi connectivity index (χ3n) is 3.45. The van der Waals surface area contributed by atoms with Gasteiger partial charge in [0.05, 0.1) is 12.8 Å². The SMILES string of the molecule is Cc1cc(F)cc(C(O)C2CN(CCCF)C2)c1. The van der Waals surface area contributed by atoms with Crippen molar-refractivity contribution in [2.75, 3.05) is 26.3 Å². The molecule has 1 unspecified atom stereocenters. The first kappa shape index (κ1) is 13.4. The molecule has 1 atom stereocenters. The Balaban J connectivity index is 1.91. The van der Waals surface area contributed by atoms with Crippen molar-refractivity contribution in [2.24, 2.45) is 5.92 Å². The summed E-state index contributed by atoms with van der Waals surface area (Å²) in [5, 5.41) is 10.2. The van der Waals surface area contributed by atoms with Crippen LogP contribution in [-0.4, -0.2) is 36.3 Å². The van der Waals surface area contributed by atoms with Crippen LogP contribution in [0.15, 0.2) is 18.2 Å². The fourth-order valence-corrected chi connectivity index (χ4v) is 2.48. The highest BCUT2D eigenvalue weighted by molar-refractivity contribution is 5.26. The van der Waals surface area contributed by atoms with Crippen LogP contribution in [0.25, 0.3) is 0 Å². The van der Waals surface area contributed by atoms with E-state index in [2.05, 4.69) is 4.90 Å². The maximum atomic E-state index is 13.3. The van der Waals surface area contributed by atoms with Crippen LogP contribution in [-0.2, 0) is 0 Å². The van der Waals surface area contributed by atoms with Gasteiger partial charge in [-0.3, -0.25) is 4.39 Å². The molecule has 0 aliphatic carbocycles. The number of alkyl halides is 1. The number of rotatable bonds is 5. The topological polar surface area (TPSA) is 23.5 Å². The molecule has 0 amide bonds. The summed E-state index contributed by atoms with van der Waals surface area (Å²) in [6, 6.07) is 4.66. The molecule has 0 aromatic heterocycles. The predicted octanol–water partition coefficient (Wildman–Crippen LogP) is 2.46. The molecule has 100 valence electrons. The van der Waals surface area contributed by atoms with Crippen molar-refractivity contribution in [3.05, 3.63) is 35.1 Å². The Morgan fingerprint density at radius 3 is 2.72 bits per heavy atom. The largest absolute Gasteiger partial charge is 0.388 e. The fraction of sp³-hybridized carbons (Fsp3) is 0.571. The van der Waals surface area contributed by atoms with Crippen molar-refractivity contribution in [3.63, 3.8) is 0 Å². The van der Waals surface area contributed by atoms with Crippen molar-refractivity contribution in [1.29, 1.82) is 0 Å². The number of halogens is 2. The Morgan fingerprint density at radius 1 is 1.39 bits per heavy atom. The Hall–Kier alpha value is -1.00. The number of likely N-dealkylation sites (tertiary alicyclic amines) is 1. The third-order valence-corrected chi connectivity index (χ3v) is 3.45. The van der Waals surface area contributed by atoms with Gasteiger partial charge in [-0.1, -0.05) is 6.07 Å². The van der Waals surface area contributed by atoms with E-state index in [1.54, 1.807) is 0 Å². The van der Waals surface area contributed by atoms with E-state index in [1.807, 2.05) is 13.0 Å². The second-order valence-corrected chi connectivity index (χ2v) is 5.07. The van der Waals surface area contributed by atoms with E-state index in [4.69, 9.17) is 0 Å². The van der Waals surface area contributed by atoms with Gasteiger partial charge in [-0.05, 0) is 36.6 Å². The second kappa shape index (κ2) is 5.76. The molecule has 1 aliphatic rings. The molecular formula is C14H19F2NO. The van der Waals surface area contributed by atoms with Gasteiger partial charge in [0.15, 0.2) is 0 Å². The van der Waals surface area contributed by atoms with Crippen LogP contribution in [0.3, 0.4) is 0 Å². The zero-order valence-corrected chi connectivity index (χ0v) is 10.6. The number of aliphatic hydroxyl groups is 1. The summed E-state index contributed by atoms with van der Waals surface area (Å²) in [6.45, 7) is 3.77. The first-order valence-corrected chi connectivity index (χ1v) is 6.33. The zero-order chi connectivity index (χ0) is 13.1. The summed E-state index contributed by atoms with van der Waals surface area (Å²) in [4.78, 5) is 2.11. The van der Waals surface area contributed by atoms with E-state index in [0.717, 1.165) is 25.2 Å². The Labute approximate surface area is 106 Å². The molecule has 1 aromatic rings. The molecular weight excluding hydrogens is 236 g/mol. The van der Waals surface area contributed by atoms with Gasteiger partial charge in [0.25, 0.3) is 0 Å². The lowest BCUT2D eigenvalue weighted by atomic mass is 9.88. The van der Waals surface area contributed by atoms with E-state index in [9.17, 15) is 13.9 Å². The number of hydrogen-bond acceptors (Lipinski definition) is 2. The summed E-state index contributed by atoms with van der Waals surface area (Å²) in [7, 11) is 0. The molecule has 2 nitrogen and oxygen atoms in total. The third kappa shape index (κ3) is 3.06. The van der Waals surface area contributed by atoms with Crippen LogP contribution in [0.2, 0.25) is 0 Å². The van der Waals surface area contributed by atoms with Gasteiger partial charge in [0.2, 0.25) is 0 Å². The monoisotopic (exact) mass is 255 g/mol. The van der Waals surface area contributed by atoms with Crippen molar-refractivity contribution in [2.45, 2.75) is 19.4 Å². The molecule has 0 radical (unpaired) electrons. The average molecular weight is 255 g/mol. The maximum absolute atomic E-state index is 13.3. The summed E-state index contributed by atoms with van der Waals surface area (Å²) in [6.07, 6.45) is -0.0805. The van der Waals surface area contributed by atoms with E-state index in [1.165, 1.54) is 12.1 Å². The molecule has 4 heteroatoms. The van der Waals surface area contributed by atoms with Gasteiger partial charge >= 0.3 is 0 Å². The first-order valence-electron chi connectivity index (χ1n) is 6.33. The molecule has 1 aromatic carbocycles. The van der Waals surface area contributed by atoms with Gasteiger partial charge in [-0.2, -0.15) is 0 Å². The first-order chi connectivity index (χ1) is 8.60. The highest BCUT2D eigenvalue weighted by Crippen LogP contribution is 2.30. The van der Waals surface area contributed by atoms with Crippen LogP contribution < -0.4 is 0 Å². The van der Waals surface area contributed by atoms with Crippen LogP contribution in [0.5, 0.6) is 0 Å². The van der Waals surface area contributed by atoms with Gasteiger partial charge in [0, 0.05) is 25.6 Å². The van der Waals surface area contributed by atoms with Crippen molar-refractivity contribution in [1.82, 2.24) is 4.90 Å². The van der Waals surface area contributed by atoms with Crippen molar-refractivity contribution < 1.29 is 13.9 Å². The fourth-order valence-electron chi connectivity index (χ4n) is 2.48. The minimum atomic E-state index is -0.624. The van der Waals surface area contributed by atoms with Crippen LogP contribution in [0.1, 0.15) is 23.7 Å². The minimum absolute atomic E-state index is 0.130. The standard InChI is InChI=1S/C14H19F2NO/c1-10-5-11(7-13(16)6-10)14(18)12-8-17(9-12)4-2-3-15/h5-7,12,14,18H,2-4,8-9H2,1H3. The van der Waals surface area contributed by atoms with Gasteiger partial charge in [-0.15, -0.1) is 0 Å². The smallest absolute Gasteiger partial charge is 0.123 e. The Kier molecular flexibility index (Phi) is 4.30. The minimum Gasteiger partial charge on any atom is -0.388 e. The highest BCUT2D eigenvalue weighted by Gasteiger charge is 2.32. The Morgan fingerprint density at radius 2 is 2.11 bits per heavy atom. The van der Waals surface area contributed by atoms with E-state index in [-0.39, 0.29) is 18.4 Å². The van der Waals surface area contributed by atoms with E-state index in [0.29, 0.717) is 12.0 Å². The zero-order valence-electron chi connectivity index (χ0n) is 10.6. The second-order valence-electron chi connectivity index (χ2n) is 5.07.